The lowest BCUT2D eigenvalue weighted by molar-refractivity contribution is -0.139. The van der Waals surface area contributed by atoms with Crippen molar-refractivity contribution < 1.29 is 18.9 Å². The third-order valence-corrected chi connectivity index (χ3v) is 5.55. The van der Waals surface area contributed by atoms with E-state index in [9.17, 15) is 14.4 Å². The third-order valence-electron chi connectivity index (χ3n) is 5.55. The molecule has 0 unspecified atom stereocenters. The van der Waals surface area contributed by atoms with Gasteiger partial charge in [-0.1, -0.05) is 5.16 Å². The normalized spacial score (nSPS) is 29.4. The van der Waals surface area contributed by atoms with Crippen molar-refractivity contribution in [2.75, 3.05) is 13.1 Å². The molecule has 25 heavy (non-hydrogen) atoms. The molecule has 2 aliphatic heterocycles. The van der Waals surface area contributed by atoms with Crippen LogP contribution < -0.4 is 5.32 Å². The predicted molar refractivity (Wildman–Crippen MR) is 86.3 cm³/mol. The highest BCUT2D eigenvalue weighted by atomic mass is 16.5. The van der Waals surface area contributed by atoms with Gasteiger partial charge in [0.1, 0.15) is 23.5 Å². The molecule has 3 aliphatic rings. The van der Waals surface area contributed by atoms with Crippen LogP contribution in [0, 0.1) is 12.8 Å². The van der Waals surface area contributed by atoms with E-state index in [0.717, 1.165) is 36.3 Å². The van der Waals surface area contributed by atoms with Crippen molar-refractivity contribution in [1.82, 2.24) is 20.3 Å². The molecule has 1 N–H and O–H groups in total. The first-order valence-corrected chi connectivity index (χ1v) is 8.77. The minimum absolute atomic E-state index is 0.152. The van der Waals surface area contributed by atoms with Crippen molar-refractivity contribution >= 4 is 17.8 Å². The van der Waals surface area contributed by atoms with Crippen LogP contribution in [0.1, 0.15) is 50.1 Å². The van der Waals surface area contributed by atoms with Gasteiger partial charge in [0.05, 0.1) is 6.04 Å². The Kier molecular flexibility index (Phi) is 3.59. The van der Waals surface area contributed by atoms with Gasteiger partial charge in [0.2, 0.25) is 5.91 Å². The number of imide groups is 1. The molecule has 1 aliphatic carbocycles. The summed E-state index contributed by atoms with van der Waals surface area (Å²) in [5.74, 6) is 0.360. The van der Waals surface area contributed by atoms with Crippen molar-refractivity contribution in [3.05, 3.63) is 17.5 Å². The SMILES string of the molecule is Cc1cc([C@H]2CCCN2C(=O)CN2C(=O)N[C@@](C)(C3CC3)C2=O)no1. The molecule has 1 saturated carbocycles. The highest BCUT2D eigenvalue weighted by Gasteiger charge is 2.56. The molecule has 0 aromatic carbocycles. The standard InChI is InChI=1S/C17H22N4O4/c1-10-8-12(19-25-10)13-4-3-7-20(13)14(22)9-21-15(23)17(2,11-5-6-11)18-16(21)24/h8,11,13H,3-7,9H2,1-2H3,(H,18,24)/t13-,17+/m1/s1. The number of hydrogen-bond acceptors (Lipinski definition) is 5. The van der Waals surface area contributed by atoms with Crippen molar-refractivity contribution in [2.45, 2.75) is 51.1 Å². The van der Waals surface area contributed by atoms with E-state index in [1.807, 2.05) is 13.0 Å². The summed E-state index contributed by atoms with van der Waals surface area (Å²) in [4.78, 5) is 40.4. The first-order chi connectivity index (χ1) is 11.9. The molecule has 1 aromatic rings. The molecule has 8 heteroatoms. The fourth-order valence-electron chi connectivity index (χ4n) is 3.94. The van der Waals surface area contributed by atoms with Gasteiger partial charge >= 0.3 is 6.03 Å². The quantitative estimate of drug-likeness (QED) is 0.831. The van der Waals surface area contributed by atoms with Crippen LogP contribution in [-0.2, 0) is 9.59 Å². The van der Waals surface area contributed by atoms with Gasteiger partial charge in [-0.2, -0.15) is 0 Å². The summed E-state index contributed by atoms with van der Waals surface area (Å²) >= 11 is 0. The van der Waals surface area contributed by atoms with Crippen LogP contribution in [0.4, 0.5) is 4.79 Å². The van der Waals surface area contributed by atoms with Gasteiger partial charge < -0.3 is 14.7 Å². The molecule has 4 amide bonds. The Labute approximate surface area is 145 Å². The average molecular weight is 346 g/mol. The number of amides is 4. The highest BCUT2D eigenvalue weighted by Crippen LogP contribution is 2.42. The number of carbonyl (C=O) groups excluding carboxylic acids is 3. The monoisotopic (exact) mass is 346 g/mol. The number of likely N-dealkylation sites (tertiary alicyclic amines) is 1. The minimum atomic E-state index is -0.856. The van der Waals surface area contributed by atoms with Gasteiger partial charge in [-0.3, -0.25) is 14.5 Å². The Morgan fingerprint density at radius 1 is 1.40 bits per heavy atom. The maximum atomic E-state index is 12.8. The van der Waals surface area contributed by atoms with Crippen LogP contribution in [0.25, 0.3) is 0 Å². The minimum Gasteiger partial charge on any atom is -0.361 e. The Bertz CT molecular complexity index is 741. The molecule has 2 saturated heterocycles. The Morgan fingerprint density at radius 3 is 2.80 bits per heavy atom. The van der Waals surface area contributed by atoms with Gasteiger partial charge in [-0.15, -0.1) is 0 Å². The smallest absolute Gasteiger partial charge is 0.325 e. The number of aromatic nitrogens is 1. The summed E-state index contributed by atoms with van der Waals surface area (Å²) in [7, 11) is 0. The number of nitrogens with zero attached hydrogens (tertiary/aromatic N) is 3. The molecule has 3 heterocycles. The zero-order chi connectivity index (χ0) is 17.8. The number of hydrogen-bond donors (Lipinski definition) is 1. The lowest BCUT2D eigenvalue weighted by atomic mass is 9.96. The van der Waals surface area contributed by atoms with Crippen LogP contribution >= 0.6 is 0 Å². The summed E-state index contributed by atoms with van der Waals surface area (Å²) in [6.07, 6.45) is 3.54. The van der Waals surface area contributed by atoms with E-state index < -0.39 is 11.6 Å². The second kappa shape index (κ2) is 5.57. The Hall–Kier alpha value is -2.38. The highest BCUT2D eigenvalue weighted by molar-refractivity contribution is 6.09. The van der Waals surface area contributed by atoms with Crippen molar-refractivity contribution in [3.63, 3.8) is 0 Å². The van der Waals surface area contributed by atoms with Crippen molar-refractivity contribution in [3.8, 4) is 0 Å². The van der Waals surface area contributed by atoms with Gasteiger partial charge in [-0.25, -0.2) is 4.79 Å². The lowest BCUT2D eigenvalue weighted by Gasteiger charge is -2.25. The molecule has 8 nitrogen and oxygen atoms in total. The van der Waals surface area contributed by atoms with Crippen molar-refractivity contribution in [1.29, 1.82) is 0 Å². The van der Waals surface area contributed by atoms with E-state index in [0.29, 0.717) is 12.3 Å². The Morgan fingerprint density at radius 2 is 2.16 bits per heavy atom. The summed E-state index contributed by atoms with van der Waals surface area (Å²) in [6.45, 7) is 3.94. The van der Waals surface area contributed by atoms with E-state index in [1.54, 1.807) is 11.8 Å². The van der Waals surface area contributed by atoms with Crippen LogP contribution in [0.3, 0.4) is 0 Å². The van der Waals surface area contributed by atoms with E-state index >= 15 is 0 Å². The number of urea groups is 1. The zero-order valence-corrected chi connectivity index (χ0v) is 14.4. The average Bonchev–Trinajstić information content (AvgIpc) is 3.10. The van der Waals surface area contributed by atoms with Gasteiger partial charge in [0, 0.05) is 12.6 Å². The summed E-state index contributed by atoms with van der Waals surface area (Å²) in [6, 6.07) is 1.20. The number of carbonyl (C=O) groups is 3. The molecule has 2 atom stereocenters. The van der Waals surface area contributed by atoms with Gasteiger partial charge in [-0.05, 0) is 45.4 Å². The fourth-order valence-corrected chi connectivity index (χ4v) is 3.94. The van der Waals surface area contributed by atoms with E-state index in [2.05, 4.69) is 10.5 Å². The maximum absolute atomic E-state index is 12.8. The van der Waals surface area contributed by atoms with E-state index in [4.69, 9.17) is 4.52 Å². The molecule has 1 aromatic heterocycles. The number of aryl methyl sites for hydroxylation is 1. The first kappa shape index (κ1) is 16.1. The number of rotatable bonds is 4. The van der Waals surface area contributed by atoms with Crippen LogP contribution in [-0.4, -0.2) is 51.4 Å². The van der Waals surface area contributed by atoms with Crippen LogP contribution in [0.15, 0.2) is 10.6 Å². The molecule has 3 fully saturated rings. The van der Waals surface area contributed by atoms with Crippen LogP contribution in [0.5, 0.6) is 0 Å². The molecular formula is C17H22N4O4. The van der Waals surface area contributed by atoms with Gasteiger partial charge in [0.25, 0.3) is 5.91 Å². The fraction of sp³-hybridized carbons (Fsp3) is 0.647. The summed E-state index contributed by atoms with van der Waals surface area (Å²) in [5.41, 5.74) is -0.131. The zero-order valence-electron chi connectivity index (χ0n) is 14.4. The number of nitrogens with one attached hydrogen (secondary N) is 1. The maximum Gasteiger partial charge on any atom is 0.325 e. The van der Waals surface area contributed by atoms with Crippen molar-refractivity contribution in [2.24, 2.45) is 5.92 Å². The largest absolute Gasteiger partial charge is 0.361 e. The molecule has 134 valence electrons. The topological polar surface area (TPSA) is 95.8 Å². The van der Waals surface area contributed by atoms with Crippen LogP contribution in [0.2, 0.25) is 0 Å². The van der Waals surface area contributed by atoms with Gasteiger partial charge in [0.15, 0.2) is 0 Å². The second-order valence-electron chi connectivity index (χ2n) is 7.41. The molecular weight excluding hydrogens is 324 g/mol. The van der Waals surface area contributed by atoms with E-state index in [-0.39, 0.29) is 30.3 Å². The third kappa shape index (κ3) is 2.60. The second-order valence-corrected chi connectivity index (χ2v) is 7.41. The Balaban J connectivity index is 1.48. The molecule has 0 spiro atoms. The first-order valence-electron chi connectivity index (χ1n) is 8.77. The summed E-state index contributed by atoms with van der Waals surface area (Å²) in [5, 5.41) is 6.79. The predicted octanol–water partition coefficient (Wildman–Crippen LogP) is 1.37. The molecule has 0 radical (unpaired) electrons. The molecule has 0 bridgehead atoms. The summed E-state index contributed by atoms with van der Waals surface area (Å²) < 4.78 is 5.12. The molecule has 4 rings (SSSR count). The van der Waals surface area contributed by atoms with E-state index in [1.165, 1.54) is 0 Å². The lowest BCUT2D eigenvalue weighted by Crippen LogP contribution is -2.47.